The van der Waals surface area contributed by atoms with E-state index in [4.69, 9.17) is 37.8 Å². The second-order valence-corrected chi connectivity index (χ2v) is 21.5. The average Bonchev–Trinajstić information content (AvgIpc) is 3.58. The summed E-state index contributed by atoms with van der Waals surface area (Å²) in [7, 11) is 5.78. The molecule has 16 heteroatoms. The Bertz CT molecular complexity index is 2870. The van der Waals surface area contributed by atoms with Gasteiger partial charge in [-0.05, 0) is 64.9 Å². The number of allylic oxidation sites excluding steroid dienone is 2. The van der Waals surface area contributed by atoms with Gasteiger partial charge < -0.3 is 52.9 Å². The van der Waals surface area contributed by atoms with Gasteiger partial charge in [-0.3, -0.25) is 19.2 Å². The molecule has 3 heterocycles. The third kappa shape index (κ3) is 10.9. The number of rotatable bonds is 10. The van der Waals surface area contributed by atoms with Crippen LogP contribution >= 0.6 is 0 Å². The highest BCUT2D eigenvalue weighted by molar-refractivity contribution is 6.26. The minimum absolute atomic E-state index is 0.00144. The van der Waals surface area contributed by atoms with Gasteiger partial charge in [-0.1, -0.05) is 66.2 Å². The molecule has 6 rings (SSSR count). The molecule has 16 nitrogen and oxygen atoms in total. The molecule has 4 aromatic rings. The van der Waals surface area contributed by atoms with Crippen LogP contribution in [-0.4, -0.2) is 108 Å². The maximum absolute atomic E-state index is 15.0. The number of nitrogens with one attached hydrogen (secondary N) is 1. The average molecular weight is 999 g/mol. The summed E-state index contributed by atoms with van der Waals surface area (Å²) < 4.78 is 44.5. The fourth-order valence-corrected chi connectivity index (χ4v) is 9.32. The normalized spacial score (nSPS) is 27.3. The Morgan fingerprint density at radius 2 is 1.64 bits per heavy atom. The summed E-state index contributed by atoms with van der Waals surface area (Å²) in [6, 6.07) is 3.38. The van der Waals surface area contributed by atoms with Crippen LogP contribution in [0.15, 0.2) is 57.5 Å². The number of Topliss-reactive ketones (excluding diaryl/α,β-unsaturated/α-hetero) is 1. The minimum atomic E-state index is -2.04. The molecule has 0 fully saturated rings. The lowest BCUT2D eigenvalue weighted by Crippen LogP contribution is -2.55. The van der Waals surface area contributed by atoms with Crippen LogP contribution in [0.4, 0.5) is 5.69 Å². The third-order valence-electron chi connectivity index (χ3n) is 15.4. The Morgan fingerprint density at radius 1 is 0.944 bits per heavy atom. The molecule has 392 valence electrons. The number of aromatic nitrogens is 1. The largest absolute Gasteiger partial charge is 0.505 e. The molecule has 1 aromatic heterocycles. The molecule has 1 amide bonds. The van der Waals surface area contributed by atoms with Crippen molar-refractivity contribution in [1.29, 1.82) is 0 Å². The number of quaternary nitrogens is 1. The van der Waals surface area contributed by atoms with Crippen LogP contribution in [0.25, 0.3) is 33.0 Å². The first-order valence-electron chi connectivity index (χ1n) is 25.0. The molecule has 2 aliphatic heterocycles. The Kier molecular flexibility index (Phi) is 16.6. The van der Waals surface area contributed by atoms with Crippen LogP contribution in [0.5, 0.6) is 23.0 Å². The van der Waals surface area contributed by atoms with Crippen LogP contribution in [0, 0.1) is 36.5 Å². The molecule has 0 saturated carbocycles. The summed E-state index contributed by atoms with van der Waals surface area (Å²) in [4.78, 5) is 61.5. The van der Waals surface area contributed by atoms with E-state index in [9.17, 15) is 24.6 Å². The van der Waals surface area contributed by atoms with E-state index < -0.39 is 58.9 Å². The zero-order valence-electron chi connectivity index (χ0n) is 45.0. The molecule has 0 aliphatic carbocycles. The molecule has 3 N–H and O–H groups in total. The van der Waals surface area contributed by atoms with E-state index >= 15 is 4.79 Å². The fraction of sp³-hybridized carbons (Fsp3) is 0.554. The monoisotopic (exact) mass is 999 g/mol. The first-order chi connectivity index (χ1) is 33.7. The first kappa shape index (κ1) is 55.3. The van der Waals surface area contributed by atoms with E-state index in [0.717, 1.165) is 12.8 Å². The number of anilines is 1. The zero-order valence-corrected chi connectivity index (χ0v) is 45.0. The van der Waals surface area contributed by atoms with Crippen LogP contribution < -0.4 is 25.0 Å². The predicted molar refractivity (Wildman–Crippen MR) is 278 cm³/mol. The van der Waals surface area contributed by atoms with E-state index in [0.29, 0.717) is 35.7 Å². The number of fused-ring (bicyclic) bond motifs is 2. The number of ketones is 1. The summed E-state index contributed by atoms with van der Waals surface area (Å²) in [6.07, 6.45) is 7.30. The van der Waals surface area contributed by atoms with E-state index in [2.05, 4.69) is 40.2 Å². The Hall–Kier alpha value is -5.97. The number of amides is 1. The van der Waals surface area contributed by atoms with Crippen molar-refractivity contribution in [3.05, 3.63) is 69.6 Å². The minimum Gasteiger partial charge on any atom is -0.505 e. The lowest BCUT2D eigenvalue weighted by molar-refractivity contribution is -0.935. The first-order valence-corrected chi connectivity index (χ1v) is 25.0. The van der Waals surface area contributed by atoms with E-state index in [1.165, 1.54) is 34.1 Å². The van der Waals surface area contributed by atoms with Crippen LogP contribution in [0.3, 0.4) is 0 Å². The van der Waals surface area contributed by atoms with E-state index in [-0.39, 0.29) is 90.3 Å². The number of hydrogen-bond donors (Lipinski definition) is 3. The lowest BCUT2D eigenvalue weighted by Gasteiger charge is -2.42. The van der Waals surface area contributed by atoms with Crippen molar-refractivity contribution < 1.29 is 61.9 Å². The Morgan fingerprint density at radius 3 is 2.28 bits per heavy atom. The smallest absolute Gasteiger partial charge is 0.312 e. The van der Waals surface area contributed by atoms with Gasteiger partial charge in [0.2, 0.25) is 0 Å². The number of aromatic hydroxyl groups is 1. The van der Waals surface area contributed by atoms with Gasteiger partial charge in [0, 0.05) is 61.4 Å². The maximum atomic E-state index is 15.0. The zero-order chi connectivity index (χ0) is 53.4. The van der Waals surface area contributed by atoms with Crippen molar-refractivity contribution in [3.63, 3.8) is 0 Å². The van der Waals surface area contributed by atoms with Crippen LogP contribution in [-0.2, 0) is 23.8 Å². The van der Waals surface area contributed by atoms with Crippen molar-refractivity contribution >= 4 is 56.3 Å². The van der Waals surface area contributed by atoms with Gasteiger partial charge in [-0.25, -0.2) is 4.98 Å². The fourth-order valence-electron chi connectivity index (χ4n) is 9.32. The lowest BCUT2D eigenvalue weighted by atomic mass is 9.73. The van der Waals surface area contributed by atoms with Gasteiger partial charge in [0.05, 0.1) is 55.7 Å². The van der Waals surface area contributed by atoms with Gasteiger partial charge in [-0.2, -0.15) is 0 Å². The quantitative estimate of drug-likeness (QED) is 0.0338. The second kappa shape index (κ2) is 21.6. The Labute approximate surface area is 422 Å². The highest BCUT2D eigenvalue weighted by Gasteiger charge is 2.50. The van der Waals surface area contributed by atoms with Crippen LogP contribution in [0.1, 0.15) is 112 Å². The highest BCUT2D eigenvalue weighted by atomic mass is 16.7. The highest BCUT2D eigenvalue weighted by Crippen LogP contribution is 2.49. The van der Waals surface area contributed by atoms with Crippen molar-refractivity contribution in [3.8, 4) is 23.0 Å². The van der Waals surface area contributed by atoms with E-state index in [1.807, 2.05) is 41.5 Å². The summed E-state index contributed by atoms with van der Waals surface area (Å²) in [5.41, 5.74) is -0.697. The van der Waals surface area contributed by atoms with E-state index in [1.54, 1.807) is 43.4 Å². The number of unbranched alkanes of at least 4 members (excludes halogenated alkanes) is 1. The number of phenols is 1. The SMILES string of the molecule is CCCCOc1cc(OCC[N+](C)(C)C(C)(C)C)cc2oc3c4c(O)c5c(=O)c(C)c6c(c5c3nc12)C(=O)[C@@](C)(O/C=C/[C@H](OC)[C@@H](C)[C@@H](OC(C)=O)[C@H](C)[C@H](C)[C@H](C)[C@@H](O)[C@@H](C)/C=C/C=C(/C)C(=O)N4)O6. The van der Waals surface area contributed by atoms with Gasteiger partial charge >= 0.3 is 11.8 Å². The number of aliphatic hydroxyl groups is 1. The number of likely N-dealkylation sites (N-methyl/N-ethyl adjacent to an activating group) is 1. The molecular formula is C56H76N3O13+. The van der Waals surface area contributed by atoms with Gasteiger partial charge in [0.1, 0.15) is 47.5 Å². The van der Waals surface area contributed by atoms with Crippen molar-refractivity contribution in [2.24, 2.45) is 29.6 Å². The molecule has 4 bridgehead atoms. The Balaban J connectivity index is 1.62. The molecule has 0 radical (unpaired) electrons. The second-order valence-electron chi connectivity index (χ2n) is 21.5. The topological polar surface area (TPSA) is 202 Å². The summed E-state index contributed by atoms with van der Waals surface area (Å²) >= 11 is 0. The number of phenolic OH excluding ortho intramolecular Hbond substituents is 1. The summed E-state index contributed by atoms with van der Waals surface area (Å²) in [5, 5.41) is 26.4. The molecule has 0 spiro atoms. The molecule has 0 unspecified atom stereocenters. The van der Waals surface area contributed by atoms with Gasteiger partial charge in [0.15, 0.2) is 28.1 Å². The van der Waals surface area contributed by atoms with Crippen molar-refractivity contribution in [1.82, 2.24) is 4.98 Å². The molecule has 0 saturated heterocycles. The number of esters is 1. The van der Waals surface area contributed by atoms with Gasteiger partial charge in [-0.15, -0.1) is 0 Å². The van der Waals surface area contributed by atoms with Crippen LogP contribution in [0.2, 0.25) is 0 Å². The third-order valence-corrected chi connectivity index (χ3v) is 15.4. The summed E-state index contributed by atoms with van der Waals surface area (Å²) in [5.74, 6) is -5.38. The van der Waals surface area contributed by atoms with Gasteiger partial charge in [0.25, 0.3) is 11.7 Å². The number of ether oxygens (including phenoxy) is 6. The number of benzene rings is 3. The maximum Gasteiger partial charge on any atom is 0.312 e. The van der Waals surface area contributed by atoms with Crippen molar-refractivity contribution in [2.45, 2.75) is 132 Å². The molecule has 3 aromatic carbocycles. The van der Waals surface area contributed by atoms with Crippen molar-refractivity contribution in [2.75, 3.05) is 46.3 Å². The number of hydrogen-bond acceptors (Lipinski definition) is 14. The number of carbonyl (C=O) groups excluding carboxylic acids is 3. The molecule has 2 aliphatic rings. The molecular weight excluding hydrogens is 923 g/mol. The number of methoxy groups -OCH3 is 1. The standard InChI is InChI=1S/C56H75N3O13/c1-17-18-24-68-39-27-37(67-26-23-59(14,15)55(10,11)12)28-40-44(39)57-45-41-42-48(62)35(8)51-43(41)53(64)56(13,72-51)69-25-22-38(66-16)34(7)50(70-36(9)60)33(6)31(4)32(5)47(61)29(2)20-19-21-30(3)54(65)58-46(49(42)63)52(45)71-40/h19-22,25,27-29,31-34,38,47,50,61H,17-18,23-24,26H2,1-16H3,(H-,57,58,62,63,64,65)/p+1/b20-19+,25-22+,30-21-/t29-,31+,32-,33+,34+,38-,47-,50-,56-/m0/s1. The summed E-state index contributed by atoms with van der Waals surface area (Å²) in [6.45, 7) is 25.4. The predicted octanol–water partition coefficient (Wildman–Crippen LogP) is 9.71. The number of carbonyl (C=O) groups is 3. The number of nitrogens with zero attached hydrogens (tertiary/aromatic N) is 2. The number of aliphatic hydroxyl groups excluding tert-OH is 1. The molecule has 9 atom stereocenters. The molecule has 72 heavy (non-hydrogen) atoms.